The molecular weight excluding hydrogens is 404 g/mol. The van der Waals surface area contributed by atoms with Crippen molar-refractivity contribution < 1.29 is 0 Å². The highest BCUT2D eigenvalue weighted by atomic mass is 15.3. The summed E-state index contributed by atoms with van der Waals surface area (Å²) in [5.41, 5.74) is 9.46. The standard InChI is InChI=1S/C22H20N10/c23-3-2-22(12-21(13-22)6-14(7-21)8-24)32-10-15(9-27-32)20-18-1-4-26-31(18)11-17(28-20)16-5-19(25)30-29-16/h1,4-5,9-11,14H,2,6-7,12-13H2,(H3,25,29,30). The van der Waals surface area contributed by atoms with Crippen LogP contribution in [0.5, 0.6) is 0 Å². The van der Waals surface area contributed by atoms with Gasteiger partial charge in [-0.25, -0.2) is 9.50 Å². The van der Waals surface area contributed by atoms with Gasteiger partial charge in [-0.15, -0.1) is 0 Å². The van der Waals surface area contributed by atoms with Gasteiger partial charge in [-0.2, -0.15) is 25.8 Å². The van der Waals surface area contributed by atoms with E-state index in [1.54, 1.807) is 23.0 Å². The fourth-order valence-electron chi connectivity index (χ4n) is 5.67. The molecule has 4 aromatic rings. The summed E-state index contributed by atoms with van der Waals surface area (Å²) in [7, 11) is 0. The molecule has 0 unspecified atom stereocenters. The first kappa shape index (κ1) is 18.6. The molecule has 0 saturated heterocycles. The van der Waals surface area contributed by atoms with Crippen LogP contribution in [0.3, 0.4) is 0 Å². The fourth-order valence-corrected chi connectivity index (χ4v) is 5.67. The number of hydrogen-bond donors (Lipinski definition) is 2. The van der Waals surface area contributed by atoms with Gasteiger partial charge in [-0.1, -0.05) is 0 Å². The molecule has 0 bridgehead atoms. The fraction of sp³-hybridized carbons (Fsp3) is 0.364. The number of rotatable bonds is 4. The highest BCUT2D eigenvalue weighted by molar-refractivity contribution is 5.78. The number of aromatic nitrogens is 7. The third kappa shape index (κ3) is 2.63. The highest BCUT2D eigenvalue weighted by Gasteiger charge is 2.61. The van der Waals surface area contributed by atoms with Crippen LogP contribution in [-0.2, 0) is 5.54 Å². The zero-order valence-electron chi connectivity index (χ0n) is 17.2. The van der Waals surface area contributed by atoms with E-state index >= 15 is 0 Å². The van der Waals surface area contributed by atoms with Gasteiger partial charge >= 0.3 is 0 Å². The van der Waals surface area contributed by atoms with Crippen LogP contribution in [0.2, 0.25) is 0 Å². The van der Waals surface area contributed by atoms with E-state index in [9.17, 15) is 5.26 Å². The van der Waals surface area contributed by atoms with Crippen molar-refractivity contribution in [3.63, 3.8) is 0 Å². The van der Waals surface area contributed by atoms with E-state index in [4.69, 9.17) is 16.0 Å². The predicted molar refractivity (Wildman–Crippen MR) is 114 cm³/mol. The van der Waals surface area contributed by atoms with E-state index in [-0.39, 0.29) is 16.9 Å². The average Bonchev–Trinajstić information content (AvgIpc) is 3.48. The predicted octanol–water partition coefficient (Wildman–Crippen LogP) is 2.89. The molecule has 0 aliphatic heterocycles. The monoisotopic (exact) mass is 424 g/mol. The van der Waals surface area contributed by atoms with E-state index in [2.05, 4.69) is 32.5 Å². The lowest BCUT2D eigenvalue weighted by molar-refractivity contribution is -0.108. The number of nitrogen functional groups attached to an aromatic ring is 1. The Bertz CT molecular complexity index is 1410. The molecule has 3 N–H and O–H groups in total. The van der Waals surface area contributed by atoms with Crippen molar-refractivity contribution in [2.75, 3.05) is 5.73 Å². The van der Waals surface area contributed by atoms with Gasteiger partial charge in [-0.05, 0) is 37.2 Å². The molecule has 6 rings (SSSR count). The molecule has 4 aromatic heterocycles. The number of nitriles is 2. The minimum absolute atomic E-state index is 0.155. The number of aromatic amines is 1. The molecule has 2 aliphatic rings. The summed E-state index contributed by atoms with van der Waals surface area (Å²) in [6, 6.07) is 8.35. The zero-order valence-corrected chi connectivity index (χ0v) is 17.2. The first-order valence-electron chi connectivity index (χ1n) is 10.5. The molecule has 0 amide bonds. The van der Waals surface area contributed by atoms with Gasteiger partial charge in [0.15, 0.2) is 0 Å². The van der Waals surface area contributed by atoms with Crippen LogP contribution in [0.4, 0.5) is 5.82 Å². The Kier molecular flexibility index (Phi) is 3.72. The summed E-state index contributed by atoms with van der Waals surface area (Å²) in [6.07, 6.45) is 11.4. The van der Waals surface area contributed by atoms with E-state index in [0.29, 0.717) is 23.6 Å². The summed E-state index contributed by atoms with van der Waals surface area (Å²) < 4.78 is 3.71. The Morgan fingerprint density at radius 2 is 2.06 bits per heavy atom. The molecule has 10 heteroatoms. The molecule has 0 atom stereocenters. The number of nitrogens with one attached hydrogen (secondary N) is 1. The van der Waals surface area contributed by atoms with Crippen molar-refractivity contribution in [1.82, 2.24) is 34.6 Å². The second-order valence-electron chi connectivity index (χ2n) is 9.16. The Morgan fingerprint density at radius 1 is 1.22 bits per heavy atom. The van der Waals surface area contributed by atoms with Crippen molar-refractivity contribution in [3.8, 4) is 34.8 Å². The van der Waals surface area contributed by atoms with Crippen LogP contribution in [0.15, 0.2) is 36.9 Å². The number of hydrogen-bond acceptors (Lipinski definition) is 7. The van der Waals surface area contributed by atoms with E-state index in [1.807, 2.05) is 23.1 Å². The summed E-state index contributed by atoms with van der Waals surface area (Å²) in [5, 5.41) is 34.6. The second-order valence-corrected chi connectivity index (χ2v) is 9.16. The number of anilines is 1. The first-order valence-corrected chi connectivity index (χ1v) is 10.5. The minimum atomic E-state index is -0.320. The largest absolute Gasteiger partial charge is 0.382 e. The average molecular weight is 424 g/mol. The Hall–Kier alpha value is -4.18. The van der Waals surface area contributed by atoms with E-state index in [0.717, 1.165) is 42.5 Å². The maximum Gasteiger partial charge on any atom is 0.145 e. The normalized spacial score (nSPS) is 26.4. The Balaban J connectivity index is 1.37. The lowest BCUT2D eigenvalue weighted by Gasteiger charge is -2.61. The van der Waals surface area contributed by atoms with Crippen LogP contribution in [0.25, 0.3) is 28.2 Å². The lowest BCUT2D eigenvalue weighted by Crippen LogP contribution is -2.58. The van der Waals surface area contributed by atoms with Crippen LogP contribution in [0, 0.1) is 34.0 Å². The van der Waals surface area contributed by atoms with Gasteiger partial charge in [0.25, 0.3) is 0 Å². The zero-order chi connectivity index (χ0) is 21.9. The molecule has 10 nitrogen and oxygen atoms in total. The topological polar surface area (TPSA) is 150 Å². The molecule has 1 spiro atoms. The van der Waals surface area contributed by atoms with Crippen LogP contribution in [0.1, 0.15) is 32.1 Å². The highest BCUT2D eigenvalue weighted by Crippen LogP contribution is 2.66. The van der Waals surface area contributed by atoms with Gasteiger partial charge < -0.3 is 5.73 Å². The van der Waals surface area contributed by atoms with Crippen molar-refractivity contribution in [2.45, 2.75) is 37.6 Å². The van der Waals surface area contributed by atoms with Crippen molar-refractivity contribution in [2.24, 2.45) is 11.3 Å². The molecule has 2 fully saturated rings. The molecule has 158 valence electrons. The molecule has 0 radical (unpaired) electrons. The van der Waals surface area contributed by atoms with Crippen LogP contribution >= 0.6 is 0 Å². The first-order chi connectivity index (χ1) is 15.5. The van der Waals surface area contributed by atoms with Crippen LogP contribution in [-0.4, -0.2) is 34.6 Å². The van der Waals surface area contributed by atoms with Crippen molar-refractivity contribution in [3.05, 3.63) is 36.9 Å². The maximum absolute atomic E-state index is 9.50. The van der Waals surface area contributed by atoms with Gasteiger partial charge in [0.2, 0.25) is 0 Å². The summed E-state index contributed by atoms with van der Waals surface area (Å²) >= 11 is 0. The van der Waals surface area contributed by atoms with E-state index in [1.165, 1.54) is 0 Å². The van der Waals surface area contributed by atoms with Crippen LogP contribution < -0.4 is 5.73 Å². The third-order valence-electron chi connectivity index (χ3n) is 6.96. The molecule has 2 saturated carbocycles. The molecule has 4 heterocycles. The minimum Gasteiger partial charge on any atom is -0.382 e. The summed E-state index contributed by atoms with van der Waals surface area (Å²) in [4.78, 5) is 4.85. The molecule has 2 aliphatic carbocycles. The van der Waals surface area contributed by atoms with Gasteiger partial charge in [0.05, 0.1) is 59.6 Å². The van der Waals surface area contributed by atoms with Gasteiger partial charge in [-0.3, -0.25) is 9.78 Å². The number of nitrogens with two attached hydrogens (primary N) is 1. The summed E-state index contributed by atoms with van der Waals surface area (Å²) in [6.45, 7) is 0. The second kappa shape index (κ2) is 6.41. The quantitative estimate of drug-likeness (QED) is 0.511. The Labute approximate surface area is 183 Å². The summed E-state index contributed by atoms with van der Waals surface area (Å²) in [5.74, 6) is 0.547. The molecule has 32 heavy (non-hydrogen) atoms. The number of fused-ring (bicyclic) bond motifs is 1. The number of H-pyrrole nitrogens is 1. The smallest absolute Gasteiger partial charge is 0.145 e. The van der Waals surface area contributed by atoms with Gasteiger partial charge in [0.1, 0.15) is 11.5 Å². The SMILES string of the molecule is N#CCC1(n2cc(-c3nc(-c4cc(N)n[nH]4)cn4nccc34)cn2)CC2(CC(C#N)C2)C1. The maximum atomic E-state index is 9.50. The Morgan fingerprint density at radius 3 is 2.78 bits per heavy atom. The van der Waals surface area contributed by atoms with Gasteiger partial charge in [0, 0.05) is 23.7 Å². The van der Waals surface area contributed by atoms with Crippen molar-refractivity contribution >= 4 is 11.3 Å². The lowest BCUT2D eigenvalue weighted by atomic mass is 9.45. The molecular formula is C22H20N10. The number of nitrogens with zero attached hydrogens (tertiary/aromatic N) is 8. The van der Waals surface area contributed by atoms with E-state index < -0.39 is 0 Å². The molecule has 0 aromatic carbocycles. The van der Waals surface area contributed by atoms with Crippen molar-refractivity contribution in [1.29, 1.82) is 10.5 Å². The third-order valence-corrected chi connectivity index (χ3v) is 6.96.